The topological polar surface area (TPSA) is 89.7 Å². The van der Waals surface area contributed by atoms with Gasteiger partial charge in [0.05, 0.1) is 22.7 Å². The number of hydrogen-bond acceptors (Lipinski definition) is 4. The second-order valence-corrected chi connectivity index (χ2v) is 4.76. The Morgan fingerprint density at radius 3 is 2.74 bits per heavy atom. The SMILES string of the molecule is Cc1c(OCCC2CC2)cc(C(=O)O)cc1[N+](=O)[O-]. The lowest BCUT2D eigenvalue weighted by Gasteiger charge is -2.10. The zero-order valence-electron chi connectivity index (χ0n) is 10.6. The highest BCUT2D eigenvalue weighted by Gasteiger charge is 2.22. The van der Waals surface area contributed by atoms with Crippen LogP contribution < -0.4 is 4.74 Å². The van der Waals surface area contributed by atoms with Crippen LogP contribution >= 0.6 is 0 Å². The predicted molar refractivity (Wildman–Crippen MR) is 67.6 cm³/mol. The molecule has 1 aromatic carbocycles. The summed E-state index contributed by atoms with van der Waals surface area (Å²) in [5.74, 6) is -0.222. The van der Waals surface area contributed by atoms with Crippen molar-refractivity contribution in [1.82, 2.24) is 0 Å². The van der Waals surface area contributed by atoms with Crippen molar-refractivity contribution in [1.29, 1.82) is 0 Å². The average molecular weight is 265 g/mol. The summed E-state index contributed by atoms with van der Waals surface area (Å²) in [6.45, 7) is 2.03. The molecular formula is C13H15NO5. The van der Waals surface area contributed by atoms with Crippen LogP contribution in [0.15, 0.2) is 12.1 Å². The molecule has 0 unspecified atom stereocenters. The number of benzene rings is 1. The van der Waals surface area contributed by atoms with Crippen molar-refractivity contribution in [3.05, 3.63) is 33.4 Å². The van der Waals surface area contributed by atoms with E-state index in [4.69, 9.17) is 9.84 Å². The van der Waals surface area contributed by atoms with Gasteiger partial charge in [-0.3, -0.25) is 10.1 Å². The molecule has 6 nitrogen and oxygen atoms in total. The quantitative estimate of drug-likeness (QED) is 0.631. The molecule has 1 fully saturated rings. The van der Waals surface area contributed by atoms with Crippen molar-refractivity contribution < 1.29 is 19.6 Å². The third-order valence-electron chi connectivity index (χ3n) is 3.26. The monoisotopic (exact) mass is 265 g/mol. The first-order valence-electron chi connectivity index (χ1n) is 6.14. The van der Waals surface area contributed by atoms with Gasteiger partial charge in [-0.1, -0.05) is 12.8 Å². The minimum Gasteiger partial charge on any atom is -0.493 e. The van der Waals surface area contributed by atoms with E-state index in [1.807, 2.05) is 0 Å². The largest absolute Gasteiger partial charge is 0.493 e. The van der Waals surface area contributed by atoms with E-state index in [0.29, 0.717) is 18.1 Å². The molecule has 0 bridgehead atoms. The highest BCUT2D eigenvalue weighted by Crippen LogP contribution is 2.34. The van der Waals surface area contributed by atoms with Gasteiger partial charge in [-0.15, -0.1) is 0 Å². The van der Waals surface area contributed by atoms with Crippen LogP contribution in [0.4, 0.5) is 5.69 Å². The Morgan fingerprint density at radius 2 is 2.21 bits per heavy atom. The molecule has 2 rings (SSSR count). The normalized spacial score (nSPS) is 14.2. The fraction of sp³-hybridized carbons (Fsp3) is 0.462. The molecule has 1 aromatic rings. The van der Waals surface area contributed by atoms with Gasteiger partial charge in [0.2, 0.25) is 0 Å². The zero-order valence-corrected chi connectivity index (χ0v) is 10.6. The highest BCUT2D eigenvalue weighted by atomic mass is 16.6. The standard InChI is InChI=1S/C13H15NO5/c1-8-11(14(17)18)6-10(13(15)16)7-12(8)19-5-4-9-2-3-9/h6-7,9H,2-5H2,1H3,(H,15,16). The number of nitro groups is 1. The molecule has 0 heterocycles. The van der Waals surface area contributed by atoms with Gasteiger partial charge in [0.1, 0.15) is 5.75 Å². The molecule has 0 amide bonds. The Hall–Kier alpha value is -2.11. The highest BCUT2D eigenvalue weighted by molar-refractivity contribution is 5.89. The van der Waals surface area contributed by atoms with Gasteiger partial charge in [-0.25, -0.2) is 4.79 Å². The number of ether oxygens (including phenoxy) is 1. The van der Waals surface area contributed by atoms with E-state index in [-0.39, 0.29) is 17.0 Å². The van der Waals surface area contributed by atoms with E-state index in [2.05, 4.69) is 0 Å². The maximum atomic E-state index is 11.0. The summed E-state index contributed by atoms with van der Waals surface area (Å²) < 4.78 is 5.50. The predicted octanol–water partition coefficient (Wildman–Crippen LogP) is 2.78. The number of aromatic carboxylic acids is 1. The Bertz CT molecular complexity index is 522. The second kappa shape index (κ2) is 5.26. The van der Waals surface area contributed by atoms with Crippen LogP contribution in [0.5, 0.6) is 5.75 Å². The van der Waals surface area contributed by atoms with E-state index in [1.165, 1.54) is 18.9 Å². The molecule has 0 radical (unpaired) electrons. The summed E-state index contributed by atoms with van der Waals surface area (Å²) in [6.07, 6.45) is 3.32. The van der Waals surface area contributed by atoms with Crippen molar-refractivity contribution in [2.75, 3.05) is 6.61 Å². The van der Waals surface area contributed by atoms with Gasteiger partial charge in [0.15, 0.2) is 0 Å². The van der Waals surface area contributed by atoms with Crippen molar-refractivity contribution >= 4 is 11.7 Å². The van der Waals surface area contributed by atoms with E-state index in [9.17, 15) is 14.9 Å². The van der Waals surface area contributed by atoms with Gasteiger partial charge in [0.25, 0.3) is 5.69 Å². The van der Waals surface area contributed by atoms with E-state index >= 15 is 0 Å². The molecule has 0 atom stereocenters. The number of nitrogens with zero attached hydrogens (tertiary/aromatic N) is 1. The zero-order chi connectivity index (χ0) is 14.0. The van der Waals surface area contributed by atoms with Gasteiger partial charge in [0, 0.05) is 6.07 Å². The lowest BCUT2D eigenvalue weighted by Crippen LogP contribution is -2.05. The number of carboxylic acids is 1. The molecule has 0 spiro atoms. The fourth-order valence-electron chi connectivity index (χ4n) is 1.88. The molecule has 0 aromatic heterocycles. The van der Waals surface area contributed by atoms with Crippen LogP contribution in [0.25, 0.3) is 0 Å². The molecule has 19 heavy (non-hydrogen) atoms. The second-order valence-electron chi connectivity index (χ2n) is 4.76. The lowest BCUT2D eigenvalue weighted by molar-refractivity contribution is -0.385. The first-order chi connectivity index (χ1) is 8.99. The third kappa shape index (κ3) is 3.21. The summed E-state index contributed by atoms with van der Waals surface area (Å²) in [7, 11) is 0. The van der Waals surface area contributed by atoms with Crippen LogP contribution in [0, 0.1) is 23.0 Å². The van der Waals surface area contributed by atoms with Gasteiger partial charge >= 0.3 is 5.97 Å². The van der Waals surface area contributed by atoms with Crippen molar-refractivity contribution in [2.45, 2.75) is 26.2 Å². The molecule has 1 aliphatic carbocycles. The van der Waals surface area contributed by atoms with E-state index in [0.717, 1.165) is 12.5 Å². The third-order valence-corrected chi connectivity index (χ3v) is 3.26. The van der Waals surface area contributed by atoms with Crippen LogP contribution in [0.1, 0.15) is 35.2 Å². The molecular weight excluding hydrogens is 250 g/mol. The maximum Gasteiger partial charge on any atom is 0.336 e. The summed E-state index contributed by atoms with van der Waals surface area (Å²) >= 11 is 0. The Balaban J connectivity index is 2.22. The van der Waals surface area contributed by atoms with E-state index < -0.39 is 10.9 Å². The molecule has 1 N–H and O–H groups in total. The summed E-state index contributed by atoms with van der Waals surface area (Å²) in [5.41, 5.74) is 0.0193. The fourth-order valence-corrected chi connectivity index (χ4v) is 1.88. The Morgan fingerprint density at radius 1 is 1.53 bits per heavy atom. The summed E-state index contributed by atoms with van der Waals surface area (Å²) in [6, 6.07) is 2.41. The van der Waals surface area contributed by atoms with Crippen LogP contribution in [-0.2, 0) is 0 Å². The van der Waals surface area contributed by atoms with Crippen LogP contribution in [0.2, 0.25) is 0 Å². The first-order valence-corrected chi connectivity index (χ1v) is 6.14. The molecule has 102 valence electrons. The van der Waals surface area contributed by atoms with Crippen molar-refractivity contribution in [2.24, 2.45) is 5.92 Å². The molecule has 6 heteroatoms. The number of rotatable bonds is 6. The minimum absolute atomic E-state index is 0.126. The first kappa shape index (κ1) is 13.3. The number of carbonyl (C=O) groups is 1. The van der Waals surface area contributed by atoms with Crippen molar-refractivity contribution in [3.63, 3.8) is 0 Å². The number of nitro benzene ring substituents is 1. The Kier molecular flexibility index (Phi) is 3.69. The lowest BCUT2D eigenvalue weighted by atomic mass is 10.1. The molecule has 0 saturated heterocycles. The average Bonchev–Trinajstić information content (AvgIpc) is 3.14. The van der Waals surface area contributed by atoms with Crippen LogP contribution in [0.3, 0.4) is 0 Å². The Labute approximate surface area is 110 Å². The van der Waals surface area contributed by atoms with E-state index in [1.54, 1.807) is 6.92 Å². The smallest absolute Gasteiger partial charge is 0.336 e. The number of carboxylic acid groups (broad SMARTS) is 1. The van der Waals surface area contributed by atoms with Gasteiger partial charge in [-0.2, -0.15) is 0 Å². The molecule has 1 aliphatic rings. The maximum absolute atomic E-state index is 11.0. The van der Waals surface area contributed by atoms with Crippen LogP contribution in [-0.4, -0.2) is 22.6 Å². The summed E-state index contributed by atoms with van der Waals surface area (Å²) in [4.78, 5) is 21.3. The van der Waals surface area contributed by atoms with Gasteiger partial charge in [-0.05, 0) is 25.3 Å². The molecule has 0 aliphatic heterocycles. The van der Waals surface area contributed by atoms with Gasteiger partial charge < -0.3 is 9.84 Å². The minimum atomic E-state index is -1.20. The summed E-state index contributed by atoms with van der Waals surface area (Å²) in [5, 5.41) is 19.8. The number of hydrogen-bond donors (Lipinski definition) is 1. The molecule has 1 saturated carbocycles. The van der Waals surface area contributed by atoms with Crippen molar-refractivity contribution in [3.8, 4) is 5.75 Å².